The number of aliphatic hydroxyl groups excluding tert-OH is 1. The van der Waals surface area contributed by atoms with E-state index in [1.165, 1.54) is 25.1 Å². The molecule has 1 aromatic carbocycles. The molecule has 92 valence electrons. The lowest BCUT2D eigenvalue weighted by molar-refractivity contribution is -0.148. The number of carboxylic acid groups (broad SMARTS) is 1. The minimum absolute atomic E-state index is 0.203. The van der Waals surface area contributed by atoms with Gasteiger partial charge in [0.1, 0.15) is 0 Å². The Balaban J connectivity index is 2.96. The van der Waals surface area contributed by atoms with E-state index in [-0.39, 0.29) is 10.6 Å². The highest BCUT2D eigenvalue weighted by atomic mass is 35.5. The van der Waals surface area contributed by atoms with Crippen LogP contribution in [0.5, 0.6) is 0 Å². The molecular formula is C11H10Cl2O4. The van der Waals surface area contributed by atoms with Gasteiger partial charge >= 0.3 is 5.97 Å². The van der Waals surface area contributed by atoms with Crippen LogP contribution < -0.4 is 0 Å². The van der Waals surface area contributed by atoms with Crippen LogP contribution in [0.4, 0.5) is 0 Å². The van der Waals surface area contributed by atoms with E-state index in [4.69, 9.17) is 28.3 Å². The first-order chi connectivity index (χ1) is 7.84. The molecule has 2 N–H and O–H groups in total. The second-order valence-electron chi connectivity index (χ2n) is 3.56. The molecule has 6 heteroatoms. The highest BCUT2D eigenvalue weighted by molar-refractivity contribution is 6.42. The fourth-order valence-electron chi connectivity index (χ4n) is 1.27. The van der Waals surface area contributed by atoms with Crippen molar-refractivity contribution in [3.8, 4) is 0 Å². The highest BCUT2D eigenvalue weighted by Gasteiger charge is 2.28. The van der Waals surface area contributed by atoms with E-state index >= 15 is 0 Å². The van der Waals surface area contributed by atoms with Crippen LogP contribution in [-0.4, -0.2) is 28.1 Å². The molecule has 17 heavy (non-hydrogen) atoms. The van der Waals surface area contributed by atoms with Gasteiger partial charge in [-0.2, -0.15) is 0 Å². The fraction of sp³-hybridized carbons (Fsp3) is 0.273. The van der Waals surface area contributed by atoms with E-state index in [1.807, 2.05) is 0 Å². The maximum Gasteiger partial charge on any atom is 0.333 e. The molecule has 0 fully saturated rings. The number of carbonyl (C=O) groups excluding carboxylic acids is 1. The first-order valence-corrected chi connectivity index (χ1v) is 5.50. The maximum atomic E-state index is 11.8. The SMILES string of the molecule is CC(C(=O)c1ccc(Cl)c(Cl)c1)C(O)C(=O)O. The topological polar surface area (TPSA) is 74.6 Å². The normalized spacial score (nSPS) is 14.1. The number of rotatable bonds is 4. The molecule has 0 aliphatic heterocycles. The summed E-state index contributed by atoms with van der Waals surface area (Å²) in [4.78, 5) is 22.4. The Bertz CT molecular complexity index is 459. The summed E-state index contributed by atoms with van der Waals surface area (Å²) < 4.78 is 0. The Morgan fingerprint density at radius 2 is 1.82 bits per heavy atom. The van der Waals surface area contributed by atoms with Gasteiger partial charge in [0.15, 0.2) is 11.9 Å². The summed E-state index contributed by atoms with van der Waals surface area (Å²) >= 11 is 11.4. The van der Waals surface area contributed by atoms with Gasteiger partial charge in [0.25, 0.3) is 0 Å². The molecule has 1 aromatic rings. The Kier molecular flexibility index (Phi) is 4.51. The van der Waals surface area contributed by atoms with Gasteiger partial charge < -0.3 is 10.2 Å². The highest BCUT2D eigenvalue weighted by Crippen LogP contribution is 2.24. The van der Waals surface area contributed by atoms with Gasteiger partial charge in [-0.1, -0.05) is 30.1 Å². The number of aliphatic carboxylic acids is 1. The van der Waals surface area contributed by atoms with E-state index in [0.29, 0.717) is 5.02 Å². The summed E-state index contributed by atoms with van der Waals surface area (Å²) in [6.07, 6.45) is -1.74. The third kappa shape index (κ3) is 3.19. The van der Waals surface area contributed by atoms with Crippen molar-refractivity contribution >= 4 is 35.0 Å². The van der Waals surface area contributed by atoms with Crippen LogP contribution in [0.3, 0.4) is 0 Å². The Morgan fingerprint density at radius 3 is 2.29 bits per heavy atom. The van der Waals surface area contributed by atoms with Gasteiger partial charge in [-0.15, -0.1) is 0 Å². The second-order valence-corrected chi connectivity index (χ2v) is 4.38. The van der Waals surface area contributed by atoms with Crippen LogP contribution in [0, 0.1) is 5.92 Å². The van der Waals surface area contributed by atoms with Crippen LogP contribution in [0.2, 0.25) is 10.0 Å². The van der Waals surface area contributed by atoms with Crippen LogP contribution in [0.15, 0.2) is 18.2 Å². The van der Waals surface area contributed by atoms with Crippen molar-refractivity contribution in [1.82, 2.24) is 0 Å². The second kappa shape index (κ2) is 5.49. The van der Waals surface area contributed by atoms with Crippen LogP contribution in [-0.2, 0) is 4.79 Å². The van der Waals surface area contributed by atoms with Crippen LogP contribution >= 0.6 is 23.2 Å². The lowest BCUT2D eigenvalue weighted by atomic mass is 9.94. The van der Waals surface area contributed by atoms with Crippen LogP contribution in [0.25, 0.3) is 0 Å². The summed E-state index contributed by atoms with van der Waals surface area (Å²) in [5.74, 6) is -2.99. The zero-order chi connectivity index (χ0) is 13.2. The summed E-state index contributed by atoms with van der Waals surface area (Å²) in [5, 5.41) is 18.4. The number of carboxylic acids is 1. The molecule has 0 aromatic heterocycles. The molecule has 4 nitrogen and oxygen atoms in total. The molecule has 0 aliphatic carbocycles. The molecule has 2 atom stereocenters. The standard InChI is InChI=1S/C11H10Cl2O4/c1-5(10(15)11(16)17)9(14)6-2-3-7(12)8(13)4-6/h2-5,10,15H,1H3,(H,16,17). The molecule has 0 saturated heterocycles. The van der Waals surface area contributed by atoms with Crippen molar-refractivity contribution in [2.75, 3.05) is 0 Å². The number of hydrogen-bond donors (Lipinski definition) is 2. The number of hydrogen-bond acceptors (Lipinski definition) is 3. The largest absolute Gasteiger partial charge is 0.479 e. The number of benzene rings is 1. The molecule has 2 unspecified atom stereocenters. The molecule has 0 amide bonds. The molecule has 0 bridgehead atoms. The monoisotopic (exact) mass is 276 g/mol. The first kappa shape index (κ1) is 14.0. The van der Waals surface area contributed by atoms with Crippen molar-refractivity contribution < 1.29 is 19.8 Å². The van der Waals surface area contributed by atoms with Gasteiger partial charge in [0, 0.05) is 5.56 Å². The lowest BCUT2D eigenvalue weighted by Gasteiger charge is -2.14. The Morgan fingerprint density at radius 1 is 1.24 bits per heavy atom. The fourth-order valence-corrected chi connectivity index (χ4v) is 1.57. The van der Waals surface area contributed by atoms with E-state index in [0.717, 1.165) is 0 Å². The van der Waals surface area contributed by atoms with E-state index in [2.05, 4.69) is 0 Å². The van der Waals surface area contributed by atoms with Gasteiger partial charge in [-0.25, -0.2) is 4.79 Å². The lowest BCUT2D eigenvalue weighted by Crippen LogP contribution is -2.32. The average Bonchev–Trinajstić information content (AvgIpc) is 2.29. The van der Waals surface area contributed by atoms with E-state index < -0.39 is 23.8 Å². The molecule has 0 aliphatic rings. The van der Waals surface area contributed by atoms with Gasteiger partial charge in [0.05, 0.1) is 16.0 Å². The third-order valence-electron chi connectivity index (χ3n) is 2.34. The van der Waals surface area contributed by atoms with Crippen molar-refractivity contribution in [3.63, 3.8) is 0 Å². The van der Waals surface area contributed by atoms with Gasteiger partial charge in [-0.05, 0) is 18.2 Å². The molecule has 0 spiro atoms. The number of aliphatic hydroxyl groups is 1. The number of ketones is 1. The predicted molar refractivity (Wildman–Crippen MR) is 63.6 cm³/mol. The zero-order valence-corrected chi connectivity index (χ0v) is 10.4. The predicted octanol–water partition coefficient (Wildman–Crippen LogP) is 2.26. The van der Waals surface area contributed by atoms with E-state index in [9.17, 15) is 14.7 Å². The number of halogens is 2. The smallest absolute Gasteiger partial charge is 0.333 e. The molecule has 0 radical (unpaired) electrons. The molecule has 0 saturated carbocycles. The minimum Gasteiger partial charge on any atom is -0.479 e. The summed E-state index contributed by atoms with van der Waals surface area (Å²) in [6, 6.07) is 4.22. The molecule has 1 rings (SSSR count). The quantitative estimate of drug-likeness (QED) is 0.828. The zero-order valence-electron chi connectivity index (χ0n) is 8.85. The summed E-state index contributed by atoms with van der Waals surface area (Å²) in [5.41, 5.74) is 0.215. The summed E-state index contributed by atoms with van der Waals surface area (Å²) in [7, 11) is 0. The maximum absolute atomic E-state index is 11.8. The Hall–Kier alpha value is -1.10. The van der Waals surface area contributed by atoms with Crippen molar-refractivity contribution in [2.45, 2.75) is 13.0 Å². The molecular weight excluding hydrogens is 267 g/mol. The van der Waals surface area contributed by atoms with E-state index in [1.54, 1.807) is 0 Å². The van der Waals surface area contributed by atoms with Crippen molar-refractivity contribution in [3.05, 3.63) is 33.8 Å². The Labute approximate surface area is 108 Å². The minimum atomic E-state index is -1.74. The average molecular weight is 277 g/mol. The van der Waals surface area contributed by atoms with Crippen LogP contribution in [0.1, 0.15) is 17.3 Å². The third-order valence-corrected chi connectivity index (χ3v) is 3.08. The van der Waals surface area contributed by atoms with Gasteiger partial charge in [-0.3, -0.25) is 4.79 Å². The number of Topliss-reactive ketones (excluding diaryl/α,β-unsaturated/α-hetero) is 1. The molecule has 0 heterocycles. The van der Waals surface area contributed by atoms with Gasteiger partial charge in [0.2, 0.25) is 0 Å². The summed E-state index contributed by atoms with van der Waals surface area (Å²) in [6.45, 7) is 1.34. The van der Waals surface area contributed by atoms with Crippen molar-refractivity contribution in [2.24, 2.45) is 5.92 Å². The number of carbonyl (C=O) groups is 2. The van der Waals surface area contributed by atoms with Crippen molar-refractivity contribution in [1.29, 1.82) is 0 Å². The first-order valence-electron chi connectivity index (χ1n) is 4.74.